The summed E-state index contributed by atoms with van der Waals surface area (Å²) >= 11 is 1.17. The summed E-state index contributed by atoms with van der Waals surface area (Å²) in [6.45, 7) is 1.40. The Kier molecular flexibility index (Phi) is 5.29. The molecule has 2 aromatic rings. The van der Waals surface area contributed by atoms with E-state index in [4.69, 9.17) is 15.1 Å². The third kappa shape index (κ3) is 3.77. The van der Waals surface area contributed by atoms with Crippen molar-refractivity contribution in [3.05, 3.63) is 40.9 Å². The topological polar surface area (TPSA) is 104 Å². The molecule has 1 aromatic carbocycles. The summed E-state index contributed by atoms with van der Waals surface area (Å²) in [6, 6.07) is 8.46. The van der Waals surface area contributed by atoms with Gasteiger partial charge in [-0.1, -0.05) is 0 Å². The minimum atomic E-state index is -1.33. The van der Waals surface area contributed by atoms with Crippen LogP contribution in [0.15, 0.2) is 35.2 Å². The van der Waals surface area contributed by atoms with Crippen LogP contribution in [0.1, 0.15) is 12.6 Å². The van der Waals surface area contributed by atoms with Crippen LogP contribution >= 0.6 is 11.3 Å². The van der Waals surface area contributed by atoms with Crippen LogP contribution in [0.3, 0.4) is 0 Å². The number of nitrogens with zero attached hydrogens (tertiary/aromatic N) is 3. The molecular formula is C16H13N3O4S. The molecule has 0 radical (unpaired) electrons. The summed E-state index contributed by atoms with van der Waals surface area (Å²) in [5.74, 6) is -0.917. The number of thiazole rings is 1. The second-order valence-electron chi connectivity index (χ2n) is 4.58. The number of amides is 1. The van der Waals surface area contributed by atoms with E-state index in [1.165, 1.54) is 23.2 Å². The first-order valence-electron chi connectivity index (χ1n) is 6.71. The van der Waals surface area contributed by atoms with Gasteiger partial charge < -0.3 is 9.84 Å². The Labute approximate surface area is 142 Å². The van der Waals surface area contributed by atoms with Gasteiger partial charge in [0.05, 0.1) is 18.5 Å². The summed E-state index contributed by atoms with van der Waals surface area (Å²) in [5, 5.41) is 19.6. The van der Waals surface area contributed by atoms with Gasteiger partial charge in [-0.2, -0.15) is 5.26 Å². The van der Waals surface area contributed by atoms with Crippen molar-refractivity contribution in [2.45, 2.75) is 6.92 Å². The van der Waals surface area contributed by atoms with Gasteiger partial charge in [-0.3, -0.25) is 9.69 Å². The summed E-state index contributed by atoms with van der Waals surface area (Å²) in [7, 11) is 1.55. The van der Waals surface area contributed by atoms with Gasteiger partial charge in [0.1, 0.15) is 17.4 Å². The van der Waals surface area contributed by atoms with E-state index in [0.29, 0.717) is 22.3 Å². The number of aliphatic carboxylic acids is 1. The zero-order valence-electron chi connectivity index (χ0n) is 12.9. The summed E-state index contributed by atoms with van der Waals surface area (Å²) in [6.07, 6.45) is 1.16. The molecule has 0 spiro atoms. The molecule has 0 atom stereocenters. The van der Waals surface area contributed by atoms with E-state index >= 15 is 0 Å². The second-order valence-corrected chi connectivity index (χ2v) is 5.42. The Bertz CT molecular complexity index is 834. The molecule has 0 aliphatic heterocycles. The molecular weight excluding hydrogens is 330 g/mol. The second kappa shape index (κ2) is 7.39. The number of aromatic nitrogens is 1. The summed E-state index contributed by atoms with van der Waals surface area (Å²) in [4.78, 5) is 28.5. The average molecular weight is 343 g/mol. The predicted octanol–water partition coefficient (Wildman–Crippen LogP) is 2.83. The zero-order chi connectivity index (χ0) is 17.7. The fourth-order valence-corrected chi connectivity index (χ4v) is 2.74. The lowest BCUT2D eigenvalue weighted by molar-refractivity contribution is -0.132. The van der Waals surface area contributed by atoms with E-state index < -0.39 is 11.5 Å². The van der Waals surface area contributed by atoms with Gasteiger partial charge >= 0.3 is 5.97 Å². The molecule has 122 valence electrons. The molecule has 8 heteroatoms. The van der Waals surface area contributed by atoms with Crippen LogP contribution in [0.25, 0.3) is 6.08 Å². The number of ether oxygens (including phenoxy) is 1. The maximum Gasteiger partial charge on any atom is 0.346 e. The molecule has 0 saturated carbocycles. The van der Waals surface area contributed by atoms with E-state index in [0.717, 1.165) is 6.08 Å². The summed E-state index contributed by atoms with van der Waals surface area (Å²) < 4.78 is 5.09. The minimum Gasteiger partial charge on any atom is -0.497 e. The highest BCUT2D eigenvalue weighted by Gasteiger charge is 2.18. The van der Waals surface area contributed by atoms with Gasteiger partial charge in [0, 0.05) is 12.3 Å². The van der Waals surface area contributed by atoms with Gasteiger partial charge in [0.15, 0.2) is 5.13 Å². The van der Waals surface area contributed by atoms with Crippen molar-refractivity contribution in [3.8, 4) is 11.8 Å². The van der Waals surface area contributed by atoms with E-state index in [2.05, 4.69) is 4.98 Å². The first kappa shape index (κ1) is 17.2. The number of carboxylic acids is 1. The van der Waals surface area contributed by atoms with Crippen molar-refractivity contribution < 1.29 is 19.4 Å². The molecule has 1 amide bonds. The number of anilines is 2. The molecule has 0 aliphatic rings. The third-order valence-corrected chi connectivity index (χ3v) is 3.83. The van der Waals surface area contributed by atoms with Crippen LogP contribution in [-0.2, 0) is 9.59 Å². The third-order valence-electron chi connectivity index (χ3n) is 2.99. The molecule has 1 aromatic heterocycles. The highest BCUT2D eigenvalue weighted by Crippen LogP contribution is 2.30. The van der Waals surface area contributed by atoms with Crippen LogP contribution in [0, 0.1) is 11.3 Å². The van der Waals surface area contributed by atoms with Gasteiger partial charge in [-0.15, -0.1) is 11.3 Å². The highest BCUT2D eigenvalue weighted by molar-refractivity contribution is 7.14. The molecule has 0 bridgehead atoms. The van der Waals surface area contributed by atoms with Crippen LogP contribution in [0.5, 0.6) is 5.75 Å². The van der Waals surface area contributed by atoms with Crippen LogP contribution in [0.2, 0.25) is 0 Å². The SMILES string of the molecule is COc1ccc(N(C(C)=O)c2nc(/C=C(\C#N)C(=O)O)cs2)cc1. The number of rotatable bonds is 5. The smallest absolute Gasteiger partial charge is 0.346 e. The number of carbonyl (C=O) groups is 2. The number of benzene rings is 1. The summed E-state index contributed by atoms with van der Waals surface area (Å²) in [5.41, 5.74) is 0.478. The fraction of sp³-hybridized carbons (Fsp3) is 0.125. The Hall–Kier alpha value is -3.18. The van der Waals surface area contributed by atoms with E-state index in [-0.39, 0.29) is 5.91 Å². The monoisotopic (exact) mass is 343 g/mol. The van der Waals surface area contributed by atoms with Crippen LogP contribution in [0.4, 0.5) is 10.8 Å². The number of carboxylic acid groups (broad SMARTS) is 1. The Morgan fingerprint density at radius 2 is 2.04 bits per heavy atom. The van der Waals surface area contributed by atoms with Crippen molar-refractivity contribution in [1.29, 1.82) is 5.26 Å². The Morgan fingerprint density at radius 3 is 2.54 bits per heavy atom. The van der Waals surface area contributed by atoms with E-state index in [9.17, 15) is 9.59 Å². The Balaban J connectivity index is 2.38. The number of methoxy groups -OCH3 is 1. The number of nitriles is 1. The lowest BCUT2D eigenvalue weighted by atomic mass is 10.2. The van der Waals surface area contributed by atoms with Crippen molar-refractivity contribution in [2.75, 3.05) is 12.0 Å². The van der Waals surface area contributed by atoms with Crippen molar-refractivity contribution in [3.63, 3.8) is 0 Å². The van der Waals surface area contributed by atoms with Gasteiger partial charge in [-0.25, -0.2) is 9.78 Å². The molecule has 0 fully saturated rings. The van der Waals surface area contributed by atoms with Gasteiger partial charge in [0.2, 0.25) is 5.91 Å². The minimum absolute atomic E-state index is 0.246. The van der Waals surface area contributed by atoms with Crippen LogP contribution < -0.4 is 9.64 Å². The maximum absolute atomic E-state index is 12.0. The van der Waals surface area contributed by atoms with Crippen LogP contribution in [-0.4, -0.2) is 29.1 Å². The van der Waals surface area contributed by atoms with Crippen molar-refractivity contribution in [2.24, 2.45) is 0 Å². The molecule has 0 saturated heterocycles. The molecule has 0 unspecified atom stereocenters. The van der Waals surface area contributed by atoms with Crippen molar-refractivity contribution >= 4 is 40.1 Å². The molecule has 2 rings (SSSR count). The predicted molar refractivity (Wildman–Crippen MR) is 89.2 cm³/mol. The lowest BCUT2D eigenvalue weighted by Crippen LogP contribution is -2.22. The molecule has 1 N–H and O–H groups in total. The average Bonchev–Trinajstić information content (AvgIpc) is 3.01. The number of hydrogen-bond donors (Lipinski definition) is 1. The molecule has 24 heavy (non-hydrogen) atoms. The number of hydrogen-bond acceptors (Lipinski definition) is 6. The highest BCUT2D eigenvalue weighted by atomic mass is 32.1. The molecule has 7 nitrogen and oxygen atoms in total. The van der Waals surface area contributed by atoms with Gasteiger partial charge in [-0.05, 0) is 30.3 Å². The largest absolute Gasteiger partial charge is 0.497 e. The Morgan fingerprint density at radius 1 is 1.38 bits per heavy atom. The normalized spacial score (nSPS) is 10.8. The van der Waals surface area contributed by atoms with Gasteiger partial charge in [0.25, 0.3) is 0 Å². The quantitative estimate of drug-likeness (QED) is 0.661. The first-order chi connectivity index (χ1) is 11.5. The zero-order valence-corrected chi connectivity index (χ0v) is 13.7. The maximum atomic E-state index is 12.0. The van der Waals surface area contributed by atoms with Crippen molar-refractivity contribution in [1.82, 2.24) is 4.98 Å². The lowest BCUT2D eigenvalue weighted by Gasteiger charge is -2.18. The molecule has 0 aliphatic carbocycles. The van der Waals surface area contributed by atoms with E-state index in [1.54, 1.807) is 42.8 Å². The first-order valence-corrected chi connectivity index (χ1v) is 7.59. The van der Waals surface area contributed by atoms with E-state index in [1.807, 2.05) is 0 Å². The standard InChI is InChI=1S/C16H13N3O4S/c1-10(20)19(13-3-5-14(23-2)6-4-13)16-18-12(9-24-16)7-11(8-17)15(21)22/h3-7,9H,1-2H3,(H,21,22)/b11-7+. The number of carbonyl (C=O) groups excluding carboxylic acids is 1. The fourth-order valence-electron chi connectivity index (χ4n) is 1.89. The molecule has 1 heterocycles.